The number of benzene rings is 2. The normalized spacial score (nSPS) is 10.7. The Hall–Kier alpha value is -2.89. The Labute approximate surface area is 126 Å². The van der Waals surface area contributed by atoms with Crippen molar-refractivity contribution in [3.63, 3.8) is 0 Å². The van der Waals surface area contributed by atoms with Gasteiger partial charge in [0.1, 0.15) is 11.3 Å². The molecule has 6 heteroatoms. The van der Waals surface area contributed by atoms with Gasteiger partial charge >= 0.3 is 5.97 Å². The number of nitrogens with zero attached hydrogens (tertiary/aromatic N) is 3. The van der Waals surface area contributed by atoms with Gasteiger partial charge in [-0.1, -0.05) is 17.3 Å². The van der Waals surface area contributed by atoms with E-state index in [1.165, 1.54) is 12.1 Å². The van der Waals surface area contributed by atoms with Gasteiger partial charge in [0, 0.05) is 13.0 Å². The van der Waals surface area contributed by atoms with Crippen LogP contribution in [0, 0.1) is 0 Å². The van der Waals surface area contributed by atoms with Gasteiger partial charge < -0.3 is 9.84 Å². The SMILES string of the molecule is O=C(O)c1ccc(OCCCn2nnc3ccccc32)cc1. The second-order valence-corrected chi connectivity index (χ2v) is 4.83. The van der Waals surface area contributed by atoms with Crippen LogP contribution in [-0.2, 0) is 6.54 Å². The number of hydrogen-bond acceptors (Lipinski definition) is 4. The summed E-state index contributed by atoms with van der Waals surface area (Å²) in [6.07, 6.45) is 0.786. The third-order valence-corrected chi connectivity index (χ3v) is 3.30. The van der Waals surface area contributed by atoms with Gasteiger partial charge in [-0.2, -0.15) is 0 Å². The monoisotopic (exact) mass is 297 g/mol. The lowest BCUT2D eigenvalue weighted by Gasteiger charge is -2.06. The summed E-state index contributed by atoms with van der Waals surface area (Å²) in [7, 11) is 0. The van der Waals surface area contributed by atoms with E-state index in [9.17, 15) is 4.79 Å². The highest BCUT2D eigenvalue weighted by Gasteiger charge is 2.04. The van der Waals surface area contributed by atoms with E-state index in [0.717, 1.165) is 17.5 Å². The molecule has 3 rings (SSSR count). The molecule has 0 bridgehead atoms. The maximum Gasteiger partial charge on any atom is 0.335 e. The van der Waals surface area contributed by atoms with Crippen LogP contribution in [0.15, 0.2) is 48.5 Å². The molecule has 0 spiro atoms. The molecule has 0 aliphatic rings. The number of aromatic nitrogens is 3. The van der Waals surface area contributed by atoms with Crippen LogP contribution in [0.1, 0.15) is 16.8 Å². The van der Waals surface area contributed by atoms with Crippen LogP contribution in [0.3, 0.4) is 0 Å². The maximum absolute atomic E-state index is 10.8. The number of ether oxygens (including phenoxy) is 1. The molecule has 0 amide bonds. The summed E-state index contributed by atoms with van der Waals surface area (Å²) in [5.74, 6) is -0.280. The molecule has 1 aromatic heterocycles. The molecule has 22 heavy (non-hydrogen) atoms. The highest BCUT2D eigenvalue weighted by molar-refractivity contribution is 5.87. The lowest BCUT2D eigenvalue weighted by Crippen LogP contribution is -2.06. The van der Waals surface area contributed by atoms with Crippen molar-refractivity contribution in [1.82, 2.24) is 15.0 Å². The van der Waals surface area contributed by atoms with E-state index in [1.54, 1.807) is 12.1 Å². The Morgan fingerprint density at radius 2 is 1.91 bits per heavy atom. The second-order valence-electron chi connectivity index (χ2n) is 4.83. The molecule has 1 heterocycles. The summed E-state index contributed by atoms with van der Waals surface area (Å²) in [5.41, 5.74) is 2.14. The average molecular weight is 297 g/mol. The molecular weight excluding hydrogens is 282 g/mol. The molecule has 0 radical (unpaired) electrons. The van der Waals surface area contributed by atoms with Gasteiger partial charge in [0.25, 0.3) is 0 Å². The number of carbonyl (C=O) groups is 1. The van der Waals surface area contributed by atoms with E-state index in [0.29, 0.717) is 18.9 Å². The average Bonchev–Trinajstić information content (AvgIpc) is 2.95. The Morgan fingerprint density at radius 3 is 2.68 bits per heavy atom. The molecule has 3 aromatic rings. The van der Waals surface area contributed by atoms with E-state index in [1.807, 2.05) is 28.9 Å². The van der Waals surface area contributed by atoms with Crippen LogP contribution in [0.25, 0.3) is 11.0 Å². The topological polar surface area (TPSA) is 77.2 Å². The molecule has 0 fully saturated rings. The number of hydrogen-bond donors (Lipinski definition) is 1. The summed E-state index contributed by atoms with van der Waals surface area (Å²) >= 11 is 0. The lowest BCUT2D eigenvalue weighted by molar-refractivity contribution is 0.0697. The number of aryl methyl sites for hydroxylation is 1. The quantitative estimate of drug-likeness (QED) is 0.708. The van der Waals surface area contributed by atoms with Crippen molar-refractivity contribution in [3.05, 3.63) is 54.1 Å². The van der Waals surface area contributed by atoms with E-state index in [-0.39, 0.29) is 5.56 Å². The van der Waals surface area contributed by atoms with Crippen LogP contribution in [-0.4, -0.2) is 32.7 Å². The third-order valence-electron chi connectivity index (χ3n) is 3.30. The molecule has 112 valence electrons. The second kappa shape index (κ2) is 6.26. The zero-order chi connectivity index (χ0) is 15.4. The molecule has 0 atom stereocenters. The van der Waals surface area contributed by atoms with E-state index < -0.39 is 5.97 Å². The summed E-state index contributed by atoms with van der Waals surface area (Å²) < 4.78 is 7.45. The highest BCUT2D eigenvalue weighted by Crippen LogP contribution is 2.13. The van der Waals surface area contributed by atoms with Crippen molar-refractivity contribution in [2.75, 3.05) is 6.61 Å². The Morgan fingerprint density at radius 1 is 1.14 bits per heavy atom. The highest BCUT2D eigenvalue weighted by atomic mass is 16.5. The van der Waals surface area contributed by atoms with Gasteiger partial charge in [0.05, 0.1) is 17.7 Å². The first-order chi connectivity index (χ1) is 10.7. The molecule has 0 saturated heterocycles. The fourth-order valence-corrected chi connectivity index (χ4v) is 2.18. The smallest absolute Gasteiger partial charge is 0.335 e. The Bertz CT molecular complexity index is 781. The maximum atomic E-state index is 10.8. The van der Waals surface area contributed by atoms with Crippen molar-refractivity contribution in [1.29, 1.82) is 0 Å². The molecule has 0 aliphatic carbocycles. The lowest BCUT2D eigenvalue weighted by atomic mass is 10.2. The summed E-state index contributed by atoms with van der Waals surface area (Å²) in [5, 5.41) is 17.0. The number of carboxylic acids is 1. The largest absolute Gasteiger partial charge is 0.494 e. The van der Waals surface area contributed by atoms with Crippen molar-refractivity contribution in [2.24, 2.45) is 0 Å². The third kappa shape index (κ3) is 3.06. The molecule has 0 saturated carbocycles. The minimum Gasteiger partial charge on any atom is -0.494 e. The minimum absolute atomic E-state index is 0.251. The number of aromatic carboxylic acids is 1. The van der Waals surface area contributed by atoms with Gasteiger partial charge in [-0.3, -0.25) is 0 Å². The van der Waals surface area contributed by atoms with E-state index in [2.05, 4.69) is 10.3 Å². The predicted molar refractivity (Wildman–Crippen MR) is 81.0 cm³/mol. The van der Waals surface area contributed by atoms with Gasteiger partial charge in [0.15, 0.2) is 0 Å². The fourth-order valence-electron chi connectivity index (χ4n) is 2.18. The van der Waals surface area contributed by atoms with Crippen LogP contribution in [0.4, 0.5) is 0 Å². The van der Waals surface area contributed by atoms with Crippen molar-refractivity contribution >= 4 is 17.0 Å². The standard InChI is InChI=1S/C16H15N3O3/c20-16(21)12-6-8-13(9-7-12)22-11-3-10-19-15-5-2-1-4-14(15)17-18-19/h1-2,4-9H,3,10-11H2,(H,20,21). The molecular formula is C16H15N3O3. The van der Waals surface area contributed by atoms with Crippen molar-refractivity contribution < 1.29 is 14.6 Å². The summed E-state index contributed by atoms with van der Waals surface area (Å²) in [4.78, 5) is 10.8. The first-order valence-corrected chi connectivity index (χ1v) is 6.98. The summed E-state index contributed by atoms with van der Waals surface area (Å²) in [6, 6.07) is 14.2. The van der Waals surface area contributed by atoms with Crippen LogP contribution < -0.4 is 4.74 Å². The zero-order valence-corrected chi connectivity index (χ0v) is 11.8. The van der Waals surface area contributed by atoms with E-state index >= 15 is 0 Å². The first-order valence-electron chi connectivity index (χ1n) is 6.98. The van der Waals surface area contributed by atoms with Gasteiger partial charge in [0.2, 0.25) is 0 Å². The predicted octanol–water partition coefficient (Wildman–Crippen LogP) is 2.60. The van der Waals surface area contributed by atoms with Crippen LogP contribution in [0.2, 0.25) is 0 Å². The number of fused-ring (bicyclic) bond motifs is 1. The number of rotatable bonds is 6. The zero-order valence-electron chi connectivity index (χ0n) is 11.8. The number of carboxylic acid groups (broad SMARTS) is 1. The molecule has 0 unspecified atom stereocenters. The van der Waals surface area contributed by atoms with Gasteiger partial charge in [-0.25, -0.2) is 9.48 Å². The van der Waals surface area contributed by atoms with Gasteiger partial charge in [-0.15, -0.1) is 5.10 Å². The van der Waals surface area contributed by atoms with Crippen molar-refractivity contribution in [3.8, 4) is 5.75 Å². The Balaban J connectivity index is 1.52. The number of para-hydroxylation sites is 1. The molecule has 6 nitrogen and oxygen atoms in total. The van der Waals surface area contributed by atoms with Crippen LogP contribution in [0.5, 0.6) is 5.75 Å². The molecule has 1 N–H and O–H groups in total. The van der Waals surface area contributed by atoms with E-state index in [4.69, 9.17) is 9.84 Å². The summed E-state index contributed by atoms with van der Waals surface area (Å²) in [6.45, 7) is 1.24. The van der Waals surface area contributed by atoms with Crippen LogP contribution >= 0.6 is 0 Å². The molecule has 2 aromatic carbocycles. The van der Waals surface area contributed by atoms with Gasteiger partial charge in [-0.05, 0) is 36.4 Å². The minimum atomic E-state index is -0.940. The first kappa shape index (κ1) is 14.1. The Kier molecular flexibility index (Phi) is 4.00. The van der Waals surface area contributed by atoms with Crippen molar-refractivity contribution in [2.45, 2.75) is 13.0 Å². The fraction of sp³-hybridized carbons (Fsp3) is 0.188. The molecule has 0 aliphatic heterocycles.